The van der Waals surface area contributed by atoms with Gasteiger partial charge in [0.25, 0.3) is 0 Å². The van der Waals surface area contributed by atoms with Gasteiger partial charge in [0.1, 0.15) is 12.0 Å². The predicted octanol–water partition coefficient (Wildman–Crippen LogP) is 1.22. The first-order valence-corrected chi connectivity index (χ1v) is 4.01. The molecule has 0 unspecified atom stereocenters. The number of hydrogen-bond donors (Lipinski definition) is 0. The molecule has 0 aliphatic heterocycles. The Morgan fingerprint density at radius 1 is 1.82 bits per heavy atom. The Balaban J connectivity index is 2.76. The fourth-order valence-corrected chi connectivity index (χ4v) is 1.29. The molecule has 1 aromatic heterocycles. The van der Waals surface area contributed by atoms with E-state index in [0.29, 0.717) is 12.0 Å². The van der Waals surface area contributed by atoms with E-state index in [1.54, 1.807) is 5.38 Å². The SMILES string of the molecule is Cc1nc(C(=O)CC=O)cs1. The molecule has 0 amide bonds. The van der Waals surface area contributed by atoms with Crippen molar-refractivity contribution in [2.75, 3.05) is 0 Å². The van der Waals surface area contributed by atoms with Crippen LogP contribution in [0, 0.1) is 6.92 Å². The van der Waals surface area contributed by atoms with Gasteiger partial charge in [0.05, 0.1) is 11.4 Å². The first-order valence-electron chi connectivity index (χ1n) is 3.13. The van der Waals surface area contributed by atoms with Gasteiger partial charge in [-0.3, -0.25) is 4.79 Å². The normalized spacial score (nSPS) is 9.55. The van der Waals surface area contributed by atoms with Gasteiger partial charge in [0, 0.05) is 5.38 Å². The average molecular weight is 169 g/mol. The minimum absolute atomic E-state index is 0.0663. The maximum absolute atomic E-state index is 11.0. The molecule has 0 N–H and O–H groups in total. The van der Waals surface area contributed by atoms with Crippen LogP contribution < -0.4 is 0 Å². The van der Waals surface area contributed by atoms with Gasteiger partial charge in [0.15, 0.2) is 5.78 Å². The van der Waals surface area contributed by atoms with E-state index in [-0.39, 0.29) is 12.2 Å². The van der Waals surface area contributed by atoms with Crippen LogP contribution in [0.1, 0.15) is 21.9 Å². The first-order chi connectivity index (χ1) is 5.24. The van der Waals surface area contributed by atoms with Crippen LogP contribution in [0.4, 0.5) is 0 Å². The van der Waals surface area contributed by atoms with Crippen LogP contribution in [0.5, 0.6) is 0 Å². The van der Waals surface area contributed by atoms with Crippen LogP contribution in [-0.2, 0) is 4.79 Å². The van der Waals surface area contributed by atoms with Gasteiger partial charge < -0.3 is 4.79 Å². The zero-order chi connectivity index (χ0) is 8.27. The maximum atomic E-state index is 11.0. The van der Waals surface area contributed by atoms with Crippen molar-refractivity contribution in [3.63, 3.8) is 0 Å². The Hall–Kier alpha value is -1.03. The van der Waals surface area contributed by atoms with Crippen molar-refractivity contribution >= 4 is 23.4 Å². The number of aromatic nitrogens is 1. The van der Waals surface area contributed by atoms with E-state index in [0.717, 1.165) is 5.01 Å². The summed E-state index contributed by atoms with van der Waals surface area (Å²) in [5, 5.41) is 2.51. The van der Waals surface area contributed by atoms with Crippen molar-refractivity contribution in [2.45, 2.75) is 13.3 Å². The molecule has 58 valence electrons. The van der Waals surface area contributed by atoms with Gasteiger partial charge in [-0.25, -0.2) is 4.98 Å². The summed E-state index contributed by atoms with van der Waals surface area (Å²) in [7, 11) is 0. The molecule has 0 aliphatic rings. The second-order valence-electron chi connectivity index (χ2n) is 2.05. The Morgan fingerprint density at radius 2 is 2.55 bits per heavy atom. The number of nitrogens with zero attached hydrogens (tertiary/aromatic N) is 1. The highest BCUT2D eigenvalue weighted by atomic mass is 32.1. The van der Waals surface area contributed by atoms with Gasteiger partial charge in [-0.1, -0.05) is 0 Å². The molecule has 0 aliphatic carbocycles. The van der Waals surface area contributed by atoms with Crippen molar-refractivity contribution in [1.82, 2.24) is 4.98 Å². The van der Waals surface area contributed by atoms with Gasteiger partial charge in [-0.2, -0.15) is 0 Å². The minimum Gasteiger partial charge on any atom is -0.303 e. The molecule has 0 saturated carbocycles. The van der Waals surface area contributed by atoms with Gasteiger partial charge in [0.2, 0.25) is 0 Å². The summed E-state index contributed by atoms with van der Waals surface area (Å²) in [5.74, 6) is -0.204. The molecule has 11 heavy (non-hydrogen) atoms. The Morgan fingerprint density at radius 3 is 3.00 bits per heavy atom. The highest BCUT2D eigenvalue weighted by Crippen LogP contribution is 2.08. The van der Waals surface area contributed by atoms with E-state index < -0.39 is 0 Å². The zero-order valence-corrected chi connectivity index (χ0v) is 6.85. The smallest absolute Gasteiger partial charge is 0.189 e. The van der Waals surface area contributed by atoms with Gasteiger partial charge >= 0.3 is 0 Å². The Kier molecular flexibility index (Phi) is 2.48. The second kappa shape index (κ2) is 3.39. The topological polar surface area (TPSA) is 47.0 Å². The summed E-state index contributed by atoms with van der Waals surface area (Å²) in [5.41, 5.74) is 0.402. The number of ketones is 1. The largest absolute Gasteiger partial charge is 0.303 e. The van der Waals surface area contributed by atoms with E-state index in [2.05, 4.69) is 4.98 Å². The van der Waals surface area contributed by atoms with Crippen molar-refractivity contribution in [3.05, 3.63) is 16.1 Å². The number of Topliss-reactive ketones (excluding diaryl/α,β-unsaturated/α-hetero) is 1. The molecule has 0 spiro atoms. The number of carbonyl (C=O) groups excluding carboxylic acids is 2. The van der Waals surface area contributed by atoms with Crippen LogP contribution in [0.15, 0.2) is 5.38 Å². The Labute approximate surface area is 68.1 Å². The molecule has 0 saturated heterocycles. The summed E-state index contributed by atoms with van der Waals surface area (Å²) < 4.78 is 0. The molecule has 0 bridgehead atoms. The molecule has 0 radical (unpaired) electrons. The van der Waals surface area contributed by atoms with Gasteiger partial charge in [-0.15, -0.1) is 11.3 Å². The monoisotopic (exact) mass is 169 g/mol. The number of aryl methyl sites for hydroxylation is 1. The maximum Gasteiger partial charge on any atom is 0.189 e. The van der Waals surface area contributed by atoms with E-state index in [1.807, 2.05) is 6.92 Å². The van der Waals surface area contributed by atoms with Crippen LogP contribution in [-0.4, -0.2) is 17.1 Å². The van der Waals surface area contributed by atoms with Crippen LogP contribution in [0.3, 0.4) is 0 Å². The highest BCUT2D eigenvalue weighted by Gasteiger charge is 2.07. The lowest BCUT2D eigenvalue weighted by Gasteiger charge is -1.85. The first kappa shape index (κ1) is 8.07. The standard InChI is InChI=1S/C7H7NO2S/c1-5-8-6(4-11-5)7(10)2-3-9/h3-4H,2H2,1H3. The summed E-state index contributed by atoms with van der Waals surface area (Å²) in [6, 6.07) is 0. The van der Waals surface area contributed by atoms with Crippen LogP contribution in [0.25, 0.3) is 0 Å². The zero-order valence-electron chi connectivity index (χ0n) is 6.03. The lowest BCUT2D eigenvalue weighted by atomic mass is 10.2. The number of thiazole rings is 1. The summed E-state index contributed by atoms with van der Waals surface area (Å²) in [4.78, 5) is 24.9. The van der Waals surface area contributed by atoms with E-state index >= 15 is 0 Å². The highest BCUT2D eigenvalue weighted by molar-refractivity contribution is 7.09. The van der Waals surface area contributed by atoms with E-state index in [9.17, 15) is 9.59 Å². The lowest BCUT2D eigenvalue weighted by molar-refractivity contribution is -0.107. The predicted molar refractivity (Wildman–Crippen MR) is 41.9 cm³/mol. The van der Waals surface area contributed by atoms with Crippen molar-refractivity contribution < 1.29 is 9.59 Å². The quantitative estimate of drug-likeness (QED) is 0.388. The van der Waals surface area contributed by atoms with Crippen molar-refractivity contribution in [3.8, 4) is 0 Å². The molecule has 3 nitrogen and oxygen atoms in total. The average Bonchev–Trinajstić information content (AvgIpc) is 2.36. The fraction of sp³-hybridized carbons (Fsp3) is 0.286. The number of hydrogen-bond acceptors (Lipinski definition) is 4. The number of carbonyl (C=O) groups is 2. The molecular weight excluding hydrogens is 162 g/mol. The summed E-state index contributed by atoms with van der Waals surface area (Å²) in [6.45, 7) is 1.82. The molecule has 4 heteroatoms. The van der Waals surface area contributed by atoms with Gasteiger partial charge in [-0.05, 0) is 6.92 Å². The summed E-state index contributed by atoms with van der Waals surface area (Å²) in [6.07, 6.45) is 0.528. The van der Waals surface area contributed by atoms with Crippen molar-refractivity contribution in [2.24, 2.45) is 0 Å². The third-order valence-electron chi connectivity index (χ3n) is 1.17. The second-order valence-corrected chi connectivity index (χ2v) is 3.11. The van der Waals surface area contributed by atoms with Crippen molar-refractivity contribution in [1.29, 1.82) is 0 Å². The Bertz CT molecular complexity index is 280. The van der Waals surface area contributed by atoms with Crippen LogP contribution >= 0.6 is 11.3 Å². The third kappa shape index (κ3) is 1.94. The van der Waals surface area contributed by atoms with Crippen LogP contribution in [0.2, 0.25) is 0 Å². The molecule has 1 rings (SSSR count). The molecular formula is C7H7NO2S. The van der Waals surface area contributed by atoms with E-state index in [4.69, 9.17) is 0 Å². The molecule has 1 aromatic rings. The lowest BCUT2D eigenvalue weighted by Crippen LogP contribution is -1.99. The minimum atomic E-state index is -0.204. The molecule has 0 fully saturated rings. The number of rotatable bonds is 3. The summed E-state index contributed by atoms with van der Waals surface area (Å²) >= 11 is 1.41. The number of aldehydes is 1. The molecule has 0 aromatic carbocycles. The molecule has 1 heterocycles. The van der Waals surface area contributed by atoms with E-state index in [1.165, 1.54) is 11.3 Å². The fourth-order valence-electron chi connectivity index (χ4n) is 0.672. The molecule has 0 atom stereocenters. The third-order valence-corrected chi connectivity index (χ3v) is 1.95.